The highest BCUT2D eigenvalue weighted by Crippen LogP contribution is 2.40. The van der Waals surface area contributed by atoms with Crippen molar-refractivity contribution in [3.8, 4) is 5.75 Å². The maximum Gasteiger partial charge on any atom is 0.416 e. The number of ether oxygens (including phenoxy) is 1. The van der Waals surface area contributed by atoms with Crippen LogP contribution in [0.15, 0.2) is 207 Å². The van der Waals surface area contributed by atoms with E-state index in [4.69, 9.17) is 82.7 Å². The second-order valence-corrected chi connectivity index (χ2v) is 41.3. The molecule has 10 heterocycles. The van der Waals surface area contributed by atoms with Gasteiger partial charge in [0.1, 0.15) is 68.3 Å². The summed E-state index contributed by atoms with van der Waals surface area (Å²) in [6.45, 7) is 28.6. The van der Waals surface area contributed by atoms with Crippen molar-refractivity contribution in [3.05, 3.63) is 301 Å². The zero-order chi connectivity index (χ0) is 106. The Bertz CT molecular complexity index is 7110. The van der Waals surface area contributed by atoms with Crippen LogP contribution in [0.5, 0.6) is 5.75 Å². The molecule has 3 aliphatic rings. The summed E-state index contributed by atoms with van der Waals surface area (Å²) < 4.78 is 69.8. The molecule has 0 unspecified atom stereocenters. The fourth-order valence-corrected chi connectivity index (χ4v) is 20.3. The van der Waals surface area contributed by atoms with Crippen LogP contribution in [-0.4, -0.2) is 167 Å². The lowest BCUT2D eigenvalue weighted by atomic mass is 10.1. The van der Waals surface area contributed by atoms with Crippen molar-refractivity contribution in [3.63, 3.8) is 0 Å². The minimum Gasteiger partial charge on any atom is -0.496 e. The number of methoxy groups -OCH3 is 1. The summed E-state index contributed by atoms with van der Waals surface area (Å²) in [6.07, 6.45) is 25.0. The van der Waals surface area contributed by atoms with Gasteiger partial charge in [-0.15, -0.1) is 6.58 Å². The van der Waals surface area contributed by atoms with Gasteiger partial charge >= 0.3 is 6.18 Å². The summed E-state index contributed by atoms with van der Waals surface area (Å²) in [5, 5.41) is 2.33. The Balaban J connectivity index is 0.000000147. The summed E-state index contributed by atoms with van der Waals surface area (Å²) >= 11 is 31.0. The first kappa shape index (κ1) is 112. The number of rotatable bonds is 36. The zero-order valence-electron chi connectivity index (χ0n) is 86.2. The van der Waals surface area contributed by atoms with Gasteiger partial charge in [0.15, 0.2) is 28.2 Å². The molecule has 0 atom stereocenters. The first-order valence-electron chi connectivity index (χ1n) is 51.6. The van der Waals surface area contributed by atoms with Gasteiger partial charge in [-0.05, 0) is 234 Å². The number of carbonyl (C=O) groups is 5. The van der Waals surface area contributed by atoms with E-state index in [1.807, 2.05) is 94.3 Å². The molecule has 35 heteroatoms. The van der Waals surface area contributed by atoms with Crippen LogP contribution in [0.25, 0.3) is 55.8 Å². The monoisotopic (exact) mass is 2130 g/mol. The van der Waals surface area contributed by atoms with Crippen molar-refractivity contribution in [2.24, 2.45) is 17.8 Å². The number of amides is 5. The Hall–Kier alpha value is -12.7. The topological polar surface area (TPSA) is 264 Å². The number of hydrogen-bond donors (Lipinski definition) is 0. The molecule has 0 saturated heterocycles. The number of aryl methyl sites for hydroxylation is 2. The molecule has 5 amide bonds. The van der Waals surface area contributed by atoms with Gasteiger partial charge in [0, 0.05) is 116 Å². The Kier molecular flexibility index (Phi) is 39.9. The van der Waals surface area contributed by atoms with E-state index in [0.29, 0.717) is 130 Å². The molecule has 10 aromatic heterocycles. The molecule has 0 aliphatic heterocycles. The maximum absolute atomic E-state index is 14.0. The van der Waals surface area contributed by atoms with E-state index in [-0.39, 0.29) is 53.9 Å². The van der Waals surface area contributed by atoms with Gasteiger partial charge in [0.05, 0.1) is 77.7 Å². The highest BCUT2D eigenvalue weighted by molar-refractivity contribution is 6.36. The number of benzene rings is 5. The summed E-state index contributed by atoms with van der Waals surface area (Å²) in [5.41, 5.74) is 9.03. The van der Waals surface area contributed by atoms with Crippen molar-refractivity contribution in [1.29, 1.82) is 0 Å². The third-order valence-corrected chi connectivity index (χ3v) is 28.1. The van der Waals surface area contributed by atoms with Gasteiger partial charge in [-0.1, -0.05) is 190 Å². The van der Waals surface area contributed by atoms with Crippen LogP contribution in [0.1, 0.15) is 282 Å². The van der Waals surface area contributed by atoms with Crippen LogP contribution in [0.4, 0.5) is 17.6 Å². The number of alkyl halides is 3. The van der Waals surface area contributed by atoms with Crippen LogP contribution >= 0.6 is 58.0 Å². The van der Waals surface area contributed by atoms with Gasteiger partial charge in [-0.3, -0.25) is 24.0 Å². The molecule has 26 nitrogen and oxygen atoms in total. The van der Waals surface area contributed by atoms with Gasteiger partial charge in [-0.25, -0.2) is 54.2 Å². The number of nitrogens with zero attached hydrogens (tertiary/aromatic N) is 20. The smallest absolute Gasteiger partial charge is 0.416 e. The Labute approximate surface area is 893 Å². The normalized spacial score (nSPS) is 13.4. The maximum atomic E-state index is 14.0. The number of imidazole rings is 5. The lowest BCUT2D eigenvalue weighted by molar-refractivity contribution is -0.137. The predicted octanol–water partition coefficient (Wildman–Crippen LogP) is 27.7. The van der Waals surface area contributed by atoms with E-state index >= 15 is 0 Å². The summed E-state index contributed by atoms with van der Waals surface area (Å²) in [4.78, 5) is 122. The molecule has 0 bridgehead atoms. The van der Waals surface area contributed by atoms with Gasteiger partial charge in [0.25, 0.3) is 29.5 Å². The number of fused-ring (bicyclic) bond motifs is 5. The summed E-state index contributed by atoms with van der Waals surface area (Å²) in [7, 11) is 1.56. The molecule has 3 aliphatic carbocycles. The Morgan fingerprint density at radius 1 is 0.409 bits per heavy atom. The van der Waals surface area contributed by atoms with Crippen LogP contribution in [0.3, 0.4) is 0 Å². The van der Waals surface area contributed by atoms with Crippen LogP contribution in [-0.2, 0) is 52.0 Å². The molecule has 5 aromatic carbocycles. The van der Waals surface area contributed by atoms with E-state index in [2.05, 4.69) is 110 Å². The van der Waals surface area contributed by atoms with E-state index in [0.717, 1.165) is 200 Å². The van der Waals surface area contributed by atoms with E-state index < -0.39 is 23.5 Å². The predicted molar refractivity (Wildman–Crippen MR) is 582 cm³/mol. The number of aromatic nitrogens is 15. The highest BCUT2D eigenvalue weighted by atomic mass is 35.5. The van der Waals surface area contributed by atoms with Gasteiger partial charge in [-0.2, -0.15) is 13.2 Å². The molecule has 3 saturated carbocycles. The van der Waals surface area contributed by atoms with Crippen LogP contribution in [0.2, 0.25) is 25.1 Å². The molecule has 3 fully saturated rings. The molecule has 18 rings (SSSR count). The van der Waals surface area contributed by atoms with Crippen molar-refractivity contribution < 1.29 is 46.3 Å². The molecule has 149 heavy (non-hydrogen) atoms. The minimum absolute atomic E-state index is 0.0394. The van der Waals surface area contributed by atoms with E-state index in [9.17, 15) is 41.5 Å². The van der Waals surface area contributed by atoms with Crippen molar-refractivity contribution in [1.82, 2.24) is 97.2 Å². The number of hydrogen-bond acceptors (Lipinski definition) is 16. The second kappa shape index (κ2) is 53.1. The van der Waals surface area contributed by atoms with Crippen LogP contribution in [0, 0.1) is 23.6 Å². The standard InChI is InChI=1S/C25H31ClN4O2.C24H28Cl2N4O.C24H27F3N4O.C21H24Cl2N4O.C20H21FN4O/c1-17(2)12-14-29(25(31)20-11-10-18(26)15-22(20)32-3)16-23-28-21-9-6-13-27-24(21)30(23)19-7-4-5-8-19;1-16(2)11-13-29(24(31)19-14-17(25)9-10-20(19)26)15-22-28-21-8-5-12-27-23(21)30(22)18-6-3-4-7-18;1-2-3-14-30(23(32)17-8-6-9-18(15-17)24(25,26)27)16-21-29-20-12-7-13-28-22(20)31(21)19-10-4-5-11-19;1-4-10-27-19(25-18-6-5-9-24-20(18)27)13-26(12-14(2)3)21(28)16-11-15(22)7-8-17(16)23;1-3-12-24(20(26)15-8-5-6-9-16(15)21)14-18-23-17-10-7-11-22-19(17)25(18)13-4-2/h6,9-11,13,15,17,19H,4-5,7-8,12,14,16H2,1-3H3;5,8-10,12,14,16,18H,3-4,6-7,11,13,15H2,1-2H3;6-9,12-13,15,19H,2-5,10-11,14,16H2,1H3;5-9,11,14H,4,10,12-13H2,1-3H3;3,5-11H,1,4,12-14H2,2H3. The van der Waals surface area contributed by atoms with Crippen molar-refractivity contribution >= 4 is 143 Å². The second-order valence-electron chi connectivity index (χ2n) is 39.2. The van der Waals surface area contributed by atoms with Crippen molar-refractivity contribution in [2.75, 3.05) is 39.8 Å². The zero-order valence-corrected chi connectivity index (χ0v) is 90.0. The molecule has 0 spiro atoms. The number of halogens is 9. The first-order valence-corrected chi connectivity index (χ1v) is 53.5. The largest absolute Gasteiger partial charge is 0.496 e. The van der Waals surface area contributed by atoms with Gasteiger partial charge in [0.2, 0.25) is 0 Å². The average molecular weight is 2130 g/mol. The lowest BCUT2D eigenvalue weighted by Gasteiger charge is -2.26. The number of unbranched alkanes of at least 4 members (excludes halogenated alkanes) is 1. The quantitative estimate of drug-likeness (QED) is 0.0261. The Morgan fingerprint density at radius 3 is 1.19 bits per heavy atom. The summed E-state index contributed by atoms with van der Waals surface area (Å²) in [6, 6.07) is 45.9. The van der Waals surface area contributed by atoms with Crippen LogP contribution < -0.4 is 4.74 Å². The number of pyridine rings is 5. The molecule has 0 radical (unpaired) electrons. The van der Waals surface area contributed by atoms with E-state index in [1.165, 1.54) is 49.9 Å². The fourth-order valence-electron chi connectivity index (χ4n) is 19.4. The molecular formula is C114H131Cl5F4N20O6. The molecular weight excluding hydrogens is 2000 g/mol. The van der Waals surface area contributed by atoms with Gasteiger partial charge < -0.3 is 52.1 Å². The third-order valence-electron chi connectivity index (χ3n) is 26.7. The third kappa shape index (κ3) is 28.5. The fraction of sp³-hybridized carbons (Fsp3) is 0.412. The lowest BCUT2D eigenvalue weighted by Crippen LogP contribution is -2.35. The minimum atomic E-state index is -4.49. The SMILES string of the molecule is C=CCN(Cc1nc2cccnc2n1CCC)C(=O)c1ccccc1F.CC(C)CCN(Cc1nc2cccnc2n1C1CCCC1)C(=O)c1cc(Cl)ccc1Cl.CCCCN(Cc1nc2cccnc2n1C1CCCC1)C(=O)c1cccc(C(F)(F)F)c1.CCCn1c(CN(CC(C)C)C(=O)c2cc(Cl)ccc2Cl)nc2cccnc21.COc1cc(Cl)ccc1C(=O)N(CCC(C)C)Cc1nc2cccnc2n1C1CCCC1. The summed E-state index contributed by atoms with van der Waals surface area (Å²) in [5.74, 6) is 4.14. The molecule has 0 N–H and O–H groups in total. The first-order chi connectivity index (χ1) is 71.8. The highest BCUT2D eigenvalue weighted by Gasteiger charge is 2.36. The molecule has 786 valence electrons. The van der Waals surface area contributed by atoms with E-state index in [1.54, 1.807) is 113 Å². The average Bonchev–Trinajstić information content (AvgIpc) is 1.57. The number of carbonyl (C=O) groups excluding carboxylic acids is 5. The molecule has 15 aromatic rings. The Morgan fingerprint density at radius 2 is 0.785 bits per heavy atom. The van der Waals surface area contributed by atoms with Crippen molar-refractivity contribution in [2.45, 2.75) is 248 Å².